The lowest BCUT2D eigenvalue weighted by Gasteiger charge is -2.11. The van der Waals surface area contributed by atoms with Crippen molar-refractivity contribution >= 4 is 22.6 Å². The second-order valence-corrected chi connectivity index (χ2v) is 5.30. The fourth-order valence-corrected chi connectivity index (χ4v) is 2.08. The molecule has 0 saturated carbocycles. The third-order valence-electron chi connectivity index (χ3n) is 2.65. The molecule has 0 heterocycles. The van der Waals surface area contributed by atoms with Gasteiger partial charge in [-0.05, 0) is 53.4 Å². The first kappa shape index (κ1) is 13.4. The standard InChI is InChI=1S/C15H16INO/c1-17-10-13-4-2-3-5-15(13)18-11-12-6-8-14(16)9-7-12/h2-9,17H,10-11H2,1H3. The van der Waals surface area contributed by atoms with Gasteiger partial charge in [-0.2, -0.15) is 0 Å². The predicted molar refractivity (Wildman–Crippen MR) is 82.7 cm³/mol. The lowest BCUT2D eigenvalue weighted by molar-refractivity contribution is 0.302. The molecule has 0 amide bonds. The van der Waals surface area contributed by atoms with Crippen molar-refractivity contribution in [1.29, 1.82) is 0 Å². The number of benzene rings is 2. The molecule has 18 heavy (non-hydrogen) atoms. The van der Waals surface area contributed by atoms with Crippen molar-refractivity contribution in [2.45, 2.75) is 13.2 Å². The highest BCUT2D eigenvalue weighted by Gasteiger charge is 2.02. The smallest absolute Gasteiger partial charge is 0.124 e. The molecule has 2 rings (SSSR count). The number of nitrogens with one attached hydrogen (secondary N) is 1. The molecule has 0 fully saturated rings. The van der Waals surface area contributed by atoms with Gasteiger partial charge >= 0.3 is 0 Å². The van der Waals surface area contributed by atoms with Gasteiger partial charge < -0.3 is 10.1 Å². The molecule has 0 radical (unpaired) electrons. The average molecular weight is 353 g/mol. The lowest BCUT2D eigenvalue weighted by atomic mass is 10.2. The van der Waals surface area contributed by atoms with Crippen LogP contribution in [0.4, 0.5) is 0 Å². The second-order valence-electron chi connectivity index (χ2n) is 4.05. The minimum atomic E-state index is 0.609. The van der Waals surface area contributed by atoms with Crippen LogP contribution in [-0.2, 0) is 13.2 Å². The van der Waals surface area contributed by atoms with Crippen LogP contribution in [0, 0.1) is 3.57 Å². The van der Waals surface area contributed by atoms with Crippen LogP contribution < -0.4 is 10.1 Å². The maximum Gasteiger partial charge on any atom is 0.124 e. The summed E-state index contributed by atoms with van der Waals surface area (Å²) in [6.07, 6.45) is 0. The molecule has 1 N–H and O–H groups in total. The molecule has 2 nitrogen and oxygen atoms in total. The summed E-state index contributed by atoms with van der Waals surface area (Å²) in [7, 11) is 1.94. The van der Waals surface area contributed by atoms with Crippen molar-refractivity contribution in [3.05, 3.63) is 63.2 Å². The van der Waals surface area contributed by atoms with E-state index in [-0.39, 0.29) is 0 Å². The van der Waals surface area contributed by atoms with Crippen LogP contribution in [0.3, 0.4) is 0 Å². The largest absolute Gasteiger partial charge is 0.489 e. The first-order valence-corrected chi connectivity index (χ1v) is 6.97. The number of hydrogen-bond donors (Lipinski definition) is 1. The molecule has 0 unspecified atom stereocenters. The summed E-state index contributed by atoms with van der Waals surface area (Å²) in [6.45, 7) is 1.43. The molecular formula is C15H16INO. The molecule has 0 aliphatic heterocycles. The van der Waals surface area contributed by atoms with Crippen LogP contribution >= 0.6 is 22.6 Å². The maximum atomic E-state index is 5.87. The van der Waals surface area contributed by atoms with Gasteiger partial charge in [0.2, 0.25) is 0 Å². The molecule has 0 aliphatic rings. The summed E-state index contributed by atoms with van der Waals surface area (Å²) in [5, 5.41) is 3.15. The van der Waals surface area contributed by atoms with Gasteiger partial charge in [-0.1, -0.05) is 30.3 Å². The Kier molecular flexibility index (Phi) is 5.01. The van der Waals surface area contributed by atoms with Crippen molar-refractivity contribution < 1.29 is 4.74 Å². The van der Waals surface area contributed by atoms with Gasteiger partial charge in [-0.3, -0.25) is 0 Å². The van der Waals surface area contributed by atoms with E-state index in [4.69, 9.17) is 4.74 Å². The summed E-state index contributed by atoms with van der Waals surface area (Å²) < 4.78 is 7.12. The van der Waals surface area contributed by atoms with Gasteiger partial charge in [0.05, 0.1) is 0 Å². The summed E-state index contributed by atoms with van der Waals surface area (Å²) in [4.78, 5) is 0. The molecule has 0 saturated heterocycles. The van der Waals surface area contributed by atoms with Gasteiger partial charge in [0.15, 0.2) is 0 Å². The number of para-hydroxylation sites is 1. The fraction of sp³-hybridized carbons (Fsp3) is 0.200. The number of rotatable bonds is 5. The molecule has 0 spiro atoms. The Hall–Kier alpha value is -1.07. The molecule has 0 aromatic heterocycles. The SMILES string of the molecule is CNCc1ccccc1OCc1ccc(I)cc1. The number of ether oxygens (including phenoxy) is 1. The molecule has 0 aliphatic carbocycles. The van der Waals surface area contributed by atoms with E-state index >= 15 is 0 Å². The molecular weight excluding hydrogens is 337 g/mol. The highest BCUT2D eigenvalue weighted by Crippen LogP contribution is 2.19. The number of hydrogen-bond acceptors (Lipinski definition) is 2. The first-order chi connectivity index (χ1) is 8.79. The van der Waals surface area contributed by atoms with Gasteiger partial charge in [0.1, 0.15) is 12.4 Å². The van der Waals surface area contributed by atoms with Crippen molar-refractivity contribution in [2.24, 2.45) is 0 Å². The van der Waals surface area contributed by atoms with Crippen LogP contribution in [0.5, 0.6) is 5.75 Å². The zero-order chi connectivity index (χ0) is 12.8. The van der Waals surface area contributed by atoms with Gasteiger partial charge in [-0.15, -0.1) is 0 Å². The molecule has 0 atom stereocenters. The van der Waals surface area contributed by atoms with Crippen LogP contribution in [0.1, 0.15) is 11.1 Å². The molecule has 3 heteroatoms. The molecule has 0 bridgehead atoms. The van der Waals surface area contributed by atoms with Gasteiger partial charge in [0, 0.05) is 15.7 Å². The van der Waals surface area contributed by atoms with Gasteiger partial charge in [0.25, 0.3) is 0 Å². The summed E-state index contributed by atoms with van der Waals surface area (Å²) in [5.41, 5.74) is 2.38. The Bertz CT molecular complexity index is 496. The van der Waals surface area contributed by atoms with Gasteiger partial charge in [-0.25, -0.2) is 0 Å². The monoisotopic (exact) mass is 353 g/mol. The minimum absolute atomic E-state index is 0.609. The van der Waals surface area contributed by atoms with Crippen molar-refractivity contribution in [1.82, 2.24) is 5.32 Å². The normalized spacial score (nSPS) is 10.3. The van der Waals surface area contributed by atoms with E-state index in [1.807, 2.05) is 25.2 Å². The van der Waals surface area contributed by atoms with E-state index in [0.29, 0.717) is 6.61 Å². The third kappa shape index (κ3) is 3.71. The van der Waals surface area contributed by atoms with Crippen molar-refractivity contribution in [3.8, 4) is 5.75 Å². The summed E-state index contributed by atoms with van der Waals surface area (Å²) >= 11 is 2.30. The second kappa shape index (κ2) is 6.75. The first-order valence-electron chi connectivity index (χ1n) is 5.89. The fourth-order valence-electron chi connectivity index (χ4n) is 1.72. The Balaban J connectivity index is 2.03. The van der Waals surface area contributed by atoms with Crippen LogP contribution in [0.2, 0.25) is 0 Å². The van der Waals surface area contributed by atoms with E-state index in [0.717, 1.165) is 12.3 Å². The Morgan fingerprint density at radius 2 is 1.78 bits per heavy atom. The van der Waals surface area contributed by atoms with Crippen LogP contribution in [0.15, 0.2) is 48.5 Å². The Morgan fingerprint density at radius 3 is 2.50 bits per heavy atom. The molecule has 94 valence electrons. The van der Waals surface area contributed by atoms with E-state index < -0.39 is 0 Å². The quantitative estimate of drug-likeness (QED) is 0.830. The van der Waals surface area contributed by atoms with E-state index in [9.17, 15) is 0 Å². The van der Waals surface area contributed by atoms with Crippen molar-refractivity contribution in [3.63, 3.8) is 0 Å². The summed E-state index contributed by atoms with van der Waals surface area (Å²) in [6, 6.07) is 16.5. The van der Waals surface area contributed by atoms with E-state index in [1.54, 1.807) is 0 Å². The van der Waals surface area contributed by atoms with Crippen molar-refractivity contribution in [2.75, 3.05) is 7.05 Å². The summed E-state index contributed by atoms with van der Waals surface area (Å²) in [5.74, 6) is 0.949. The topological polar surface area (TPSA) is 21.3 Å². The Morgan fingerprint density at radius 1 is 1.06 bits per heavy atom. The molecule has 2 aromatic rings. The highest BCUT2D eigenvalue weighted by atomic mass is 127. The maximum absolute atomic E-state index is 5.87. The van der Waals surface area contributed by atoms with Crippen LogP contribution in [0.25, 0.3) is 0 Å². The highest BCUT2D eigenvalue weighted by molar-refractivity contribution is 14.1. The number of halogens is 1. The third-order valence-corrected chi connectivity index (χ3v) is 3.37. The predicted octanol–water partition coefficient (Wildman–Crippen LogP) is 3.59. The minimum Gasteiger partial charge on any atom is -0.489 e. The average Bonchev–Trinajstić information content (AvgIpc) is 2.40. The van der Waals surface area contributed by atoms with E-state index in [2.05, 4.69) is 58.2 Å². The molecule has 2 aromatic carbocycles. The zero-order valence-electron chi connectivity index (χ0n) is 10.3. The lowest BCUT2D eigenvalue weighted by Crippen LogP contribution is -2.07. The zero-order valence-corrected chi connectivity index (χ0v) is 12.5. The van der Waals surface area contributed by atoms with Crippen LogP contribution in [-0.4, -0.2) is 7.05 Å². The Labute approximate surface area is 122 Å². The van der Waals surface area contributed by atoms with E-state index in [1.165, 1.54) is 14.7 Å².